The lowest BCUT2D eigenvalue weighted by Gasteiger charge is -2.28. The molecule has 0 saturated carbocycles. The van der Waals surface area contributed by atoms with Gasteiger partial charge in [0, 0.05) is 54.8 Å². The molecule has 0 radical (unpaired) electrons. The van der Waals surface area contributed by atoms with E-state index in [2.05, 4.69) is 84.1 Å². The molecule has 23 N–H and O–H groups in total. The minimum atomic E-state index is -1.88. The molecule has 111 heavy (non-hydrogen) atoms. The number of carboxylic acids is 1. The fraction of sp³-hybridized carbons (Fsp3) is 0.542. The summed E-state index contributed by atoms with van der Waals surface area (Å²) in [6, 6.07) is -4.93. The third-order valence-corrected chi connectivity index (χ3v) is 17.7. The Kier molecular flexibility index (Phi) is 35.3. The van der Waals surface area contributed by atoms with Crippen LogP contribution in [-0.2, 0) is 96.0 Å². The number of carbonyl (C=O) groups excluding carboxylic acids is 15. The summed E-state index contributed by atoms with van der Waals surface area (Å²) in [5.41, 5.74) is 13.2. The number of nitrogens with two attached hydrogens (primary N) is 2. The van der Waals surface area contributed by atoms with Crippen LogP contribution in [0.2, 0.25) is 0 Å². The molecule has 39 heteroatoms. The molecule has 39 nitrogen and oxygen atoms in total. The molecule has 4 aromatic rings. The molecular weight excluding hydrogens is 1450 g/mol. The van der Waals surface area contributed by atoms with Crippen LogP contribution in [0.15, 0.2) is 67.3 Å². The molecule has 0 spiro atoms. The number of phenolic OH excluding ortho intramolecular Hbond substituents is 1. The topological polar surface area (TPSA) is 610 Å². The predicted molar refractivity (Wildman–Crippen MR) is 397 cm³/mol. The fourth-order valence-corrected chi connectivity index (χ4v) is 11.9. The average molecular weight is 1560 g/mol. The Morgan fingerprint density at radius 2 is 1.05 bits per heavy atom. The standard InChI is InChI=1S/C72H105N19O20/c1-35(2)21-47(62(100)78-32-59(98)91-20-12-15-55(91)70(108)87-52(26-43-30-75-34-79-43)63(101)81-39(8)72(110)111)84-64(102)48(22-36(3)4)85-66(104)50(24-41-16-18-44(94)19-17-41)83-58(97)31-77-61(99)38(7)80-69(107)54(33-92)89-67(105)53(27-56(74)95)86-65(103)49(23-37(5)6)88-71(109)60(40(9)93)90-68(106)51(82-57(96)28-73)25-42-29-76-46-14-11-10-13-45(42)46/h10-11,13-14,16-19,29-30,34-40,47-55,60,76,92-94H,12,15,20-28,31-33,73H2,1-9H3,(H2,74,95)(H,75,79)(H,77,99)(H,78,100)(H,80,107)(H,81,101)(H,82,96)(H,83,97)(H,84,102)(H,85,104)(H,86,103)(H,87,108)(H,88,109)(H,89,105)(H,90,106)(H,110,111)/t38-,39-,40+,47-,48-,49-,50-,51-,52-,53-,54-,55-,60-/m0/s1. The van der Waals surface area contributed by atoms with E-state index < -0.39 is 206 Å². The number of carboxylic acid groups (broad SMARTS) is 1. The number of aromatic hydroxyl groups is 1. The number of aromatic nitrogens is 3. The SMILES string of the molecule is CC(C)C[C@H](NC(=O)[C@H](CC(C)C)NC(=O)[C@H](Cc1ccc(O)cc1)NC(=O)CNC(=O)[C@H](C)NC(=O)[C@H](CO)NC(=O)[C@H](CC(N)=O)NC(=O)[C@H](CC(C)C)NC(=O)[C@@H](NC(=O)[C@H](Cc1c[nH]c2ccccc12)NC(=O)CN)[C@@H](C)O)C(=O)NCC(=O)N1CCC[C@H]1C(=O)N[C@@H](Cc1cnc[nH]1)C(=O)N[C@@H](C)C(=O)O. The number of primary amides is 1. The Hall–Kier alpha value is -11.6. The van der Waals surface area contributed by atoms with Gasteiger partial charge in [-0.2, -0.15) is 0 Å². The number of likely N-dealkylation sites (tertiary alicyclic amines) is 1. The molecule has 0 unspecified atom stereocenters. The van der Waals surface area contributed by atoms with E-state index in [1.165, 1.54) is 62.5 Å². The summed E-state index contributed by atoms with van der Waals surface area (Å²) in [7, 11) is 0. The summed E-state index contributed by atoms with van der Waals surface area (Å²) in [5, 5.41) is 73.1. The zero-order valence-electron chi connectivity index (χ0n) is 63.4. The number of rotatable bonds is 44. The molecule has 2 aromatic carbocycles. The van der Waals surface area contributed by atoms with E-state index in [0.29, 0.717) is 23.2 Å². The molecule has 1 aliphatic heterocycles. The number of aliphatic carboxylic acids is 1. The smallest absolute Gasteiger partial charge is 0.325 e. The molecule has 1 saturated heterocycles. The molecule has 5 rings (SSSR count). The van der Waals surface area contributed by atoms with Gasteiger partial charge in [0.2, 0.25) is 88.6 Å². The fourth-order valence-electron chi connectivity index (χ4n) is 11.9. The first-order valence-corrected chi connectivity index (χ1v) is 36.4. The van der Waals surface area contributed by atoms with Crippen molar-refractivity contribution >= 4 is 105 Å². The number of H-pyrrole nitrogens is 2. The maximum Gasteiger partial charge on any atom is 0.325 e. The number of imidazole rings is 1. The van der Waals surface area contributed by atoms with Crippen molar-refractivity contribution in [3.05, 3.63) is 84.1 Å². The first-order valence-electron chi connectivity index (χ1n) is 36.4. The highest BCUT2D eigenvalue weighted by molar-refractivity contribution is 6.01. The summed E-state index contributed by atoms with van der Waals surface area (Å²) >= 11 is 0. The van der Waals surface area contributed by atoms with Gasteiger partial charge in [-0.15, -0.1) is 0 Å². The molecule has 2 aromatic heterocycles. The Morgan fingerprint density at radius 1 is 0.541 bits per heavy atom. The summed E-state index contributed by atoms with van der Waals surface area (Å²) < 4.78 is 0. The third-order valence-electron chi connectivity index (χ3n) is 17.7. The van der Waals surface area contributed by atoms with Gasteiger partial charge < -0.3 is 116 Å². The minimum absolute atomic E-state index is 0.00667. The van der Waals surface area contributed by atoms with Crippen molar-refractivity contribution in [3.63, 3.8) is 0 Å². The molecule has 1 aliphatic rings. The monoisotopic (exact) mass is 1560 g/mol. The number of para-hydroxylation sites is 1. The van der Waals surface area contributed by atoms with E-state index in [1.807, 2.05) is 0 Å². The van der Waals surface area contributed by atoms with Gasteiger partial charge in [0.05, 0.1) is 45.1 Å². The van der Waals surface area contributed by atoms with Gasteiger partial charge in [0.15, 0.2) is 0 Å². The van der Waals surface area contributed by atoms with E-state index >= 15 is 0 Å². The van der Waals surface area contributed by atoms with Crippen molar-refractivity contribution in [2.24, 2.45) is 29.2 Å². The zero-order chi connectivity index (χ0) is 82.5. The molecule has 15 amide bonds. The van der Waals surface area contributed by atoms with Crippen LogP contribution >= 0.6 is 0 Å². The molecule has 0 bridgehead atoms. The largest absolute Gasteiger partial charge is 0.508 e. The van der Waals surface area contributed by atoms with Crippen molar-refractivity contribution < 1.29 is 97.1 Å². The number of hydrogen-bond acceptors (Lipinski definition) is 21. The second kappa shape index (κ2) is 43.5. The van der Waals surface area contributed by atoms with E-state index in [-0.39, 0.29) is 75.0 Å². The van der Waals surface area contributed by atoms with Crippen molar-refractivity contribution in [2.75, 3.05) is 32.8 Å². The number of benzene rings is 2. The maximum absolute atomic E-state index is 14.4. The van der Waals surface area contributed by atoms with Gasteiger partial charge in [-0.05, 0) is 100.0 Å². The maximum atomic E-state index is 14.4. The van der Waals surface area contributed by atoms with Crippen LogP contribution in [0.5, 0.6) is 5.75 Å². The van der Waals surface area contributed by atoms with Crippen LogP contribution in [0.25, 0.3) is 10.9 Å². The number of hydrogen-bond donors (Lipinski definition) is 21. The Labute approximate surface area is 639 Å². The van der Waals surface area contributed by atoms with Crippen LogP contribution in [0.3, 0.4) is 0 Å². The van der Waals surface area contributed by atoms with Crippen LogP contribution < -0.4 is 80.6 Å². The zero-order valence-corrected chi connectivity index (χ0v) is 63.4. The molecular formula is C72H105N19O20. The highest BCUT2D eigenvalue weighted by Crippen LogP contribution is 2.22. The summed E-state index contributed by atoms with van der Waals surface area (Å²) in [4.78, 5) is 227. The van der Waals surface area contributed by atoms with Gasteiger partial charge in [-0.25, -0.2) is 4.98 Å². The second-order valence-corrected chi connectivity index (χ2v) is 28.5. The number of phenols is 1. The van der Waals surface area contributed by atoms with Crippen molar-refractivity contribution in [3.8, 4) is 5.75 Å². The van der Waals surface area contributed by atoms with Crippen LogP contribution in [0, 0.1) is 17.8 Å². The number of nitrogens with one attached hydrogen (secondary N) is 15. The lowest BCUT2D eigenvalue weighted by molar-refractivity contribution is -0.142. The normalized spacial score (nSPS) is 15.9. The van der Waals surface area contributed by atoms with Gasteiger partial charge in [-0.3, -0.25) is 76.7 Å². The highest BCUT2D eigenvalue weighted by atomic mass is 16.4. The number of aromatic amines is 2. The molecule has 13 atom stereocenters. The van der Waals surface area contributed by atoms with E-state index in [1.54, 1.807) is 72.0 Å². The number of aliphatic hydroxyl groups is 2. The van der Waals surface area contributed by atoms with Crippen LogP contribution in [0.4, 0.5) is 0 Å². The Bertz CT molecular complexity index is 3920. The Morgan fingerprint density at radius 3 is 1.61 bits per heavy atom. The second-order valence-electron chi connectivity index (χ2n) is 28.5. The first kappa shape index (κ1) is 90.0. The lowest BCUT2D eigenvalue weighted by atomic mass is 9.99. The number of carbonyl (C=O) groups is 16. The molecule has 3 heterocycles. The molecule has 608 valence electrons. The van der Waals surface area contributed by atoms with Crippen molar-refractivity contribution in [1.29, 1.82) is 0 Å². The number of nitrogens with zero attached hydrogens (tertiary/aromatic N) is 2. The molecule has 1 fully saturated rings. The van der Waals surface area contributed by atoms with E-state index in [4.69, 9.17) is 11.5 Å². The lowest BCUT2D eigenvalue weighted by Crippen LogP contribution is -2.62. The van der Waals surface area contributed by atoms with Gasteiger partial charge in [0.1, 0.15) is 78.3 Å². The van der Waals surface area contributed by atoms with Gasteiger partial charge in [0.25, 0.3) is 0 Å². The van der Waals surface area contributed by atoms with E-state index in [0.717, 1.165) is 10.9 Å². The quantitative estimate of drug-likeness (QED) is 0.0197. The van der Waals surface area contributed by atoms with Crippen LogP contribution in [-0.4, -0.2) is 246 Å². The minimum Gasteiger partial charge on any atom is -0.508 e. The van der Waals surface area contributed by atoms with Gasteiger partial charge >= 0.3 is 5.97 Å². The van der Waals surface area contributed by atoms with Crippen LogP contribution in [0.1, 0.15) is 118 Å². The highest BCUT2D eigenvalue weighted by Gasteiger charge is 2.40. The third kappa shape index (κ3) is 29.1. The number of fused-ring (bicyclic) bond motifs is 1. The van der Waals surface area contributed by atoms with E-state index in [9.17, 15) is 97.1 Å². The van der Waals surface area contributed by atoms with Crippen molar-refractivity contribution in [2.45, 2.75) is 199 Å². The number of aliphatic hydroxyl groups excluding tert-OH is 2. The summed E-state index contributed by atoms with van der Waals surface area (Å²) in [6.07, 6.45) is 1.96. The van der Waals surface area contributed by atoms with Gasteiger partial charge in [-0.1, -0.05) is 71.9 Å². The average Bonchev–Trinajstić information content (AvgIpc) is 1.71. The predicted octanol–water partition coefficient (Wildman–Crippen LogP) is -5.35. The first-order chi connectivity index (χ1) is 52.4. The van der Waals surface area contributed by atoms with Crippen molar-refractivity contribution in [1.82, 2.24) is 89.0 Å². The molecule has 0 aliphatic carbocycles. The number of amides is 15. The summed E-state index contributed by atoms with van der Waals surface area (Å²) in [5.74, 6) is -16.3. The Balaban J connectivity index is 1.20. The summed E-state index contributed by atoms with van der Waals surface area (Å²) in [6.45, 7) is 11.0.